The fourth-order valence-electron chi connectivity index (χ4n) is 2.65. The quantitative estimate of drug-likeness (QED) is 0.280. The van der Waals surface area contributed by atoms with E-state index in [0.29, 0.717) is 60.2 Å². The van der Waals surface area contributed by atoms with Gasteiger partial charge in [-0.3, -0.25) is 4.79 Å². The first-order valence-corrected chi connectivity index (χ1v) is 9.55. The van der Waals surface area contributed by atoms with Crippen molar-refractivity contribution in [3.8, 4) is 35.0 Å². The molecule has 0 aliphatic rings. The first kappa shape index (κ1) is 24.2. The molecular weight excluding hydrogens is 402 g/mol. The second-order valence-electron chi connectivity index (χ2n) is 6.23. The van der Waals surface area contributed by atoms with Crippen LogP contribution in [0.3, 0.4) is 0 Å². The molecule has 0 aromatic heterocycles. The smallest absolute Gasteiger partial charge is 0.248 e. The molecule has 31 heavy (non-hydrogen) atoms. The highest BCUT2D eigenvalue weighted by Gasteiger charge is 2.17. The maximum atomic E-state index is 11.8. The Morgan fingerprint density at radius 1 is 0.935 bits per heavy atom. The van der Waals surface area contributed by atoms with Crippen LogP contribution in [0.1, 0.15) is 15.9 Å². The van der Waals surface area contributed by atoms with Crippen LogP contribution in [0.2, 0.25) is 0 Å². The number of benzene rings is 2. The highest BCUT2D eigenvalue weighted by molar-refractivity contribution is 5.95. The lowest BCUT2D eigenvalue weighted by Crippen LogP contribution is -2.12. The van der Waals surface area contributed by atoms with Crippen molar-refractivity contribution in [1.82, 2.24) is 0 Å². The Morgan fingerprint density at radius 3 is 2.23 bits per heavy atom. The van der Waals surface area contributed by atoms with Crippen molar-refractivity contribution in [3.05, 3.63) is 47.5 Å². The van der Waals surface area contributed by atoms with Crippen LogP contribution in [0.15, 0.2) is 36.4 Å². The zero-order valence-corrected chi connectivity index (χ0v) is 17.7. The normalized spacial score (nSPS) is 10.5. The number of para-hydroxylation sites is 1. The third kappa shape index (κ3) is 7.27. The topological polar surface area (TPSA) is 98.5 Å². The molecule has 2 N–H and O–H groups in total. The fourth-order valence-corrected chi connectivity index (χ4v) is 2.65. The van der Waals surface area contributed by atoms with E-state index in [4.69, 9.17) is 40.6 Å². The maximum Gasteiger partial charge on any atom is 0.248 e. The van der Waals surface area contributed by atoms with Gasteiger partial charge in [-0.15, -0.1) is 6.42 Å². The summed E-state index contributed by atoms with van der Waals surface area (Å²) in [5, 5.41) is 0. The van der Waals surface area contributed by atoms with Gasteiger partial charge in [0.1, 0.15) is 11.5 Å². The Kier molecular flexibility index (Phi) is 10.3. The standard InChI is InChI=1S/C23H27NO7/c1-4-17-6-5-7-19(22(17)31-16-29-13-11-27-3)20-14-18(23(24)25)8-9-21(20)30-15-28-12-10-26-2/h1,5-9,14H,10-13,15-16H2,2-3H3,(H2,24,25). The molecule has 8 nitrogen and oxygen atoms in total. The van der Waals surface area contributed by atoms with Crippen molar-refractivity contribution in [2.45, 2.75) is 0 Å². The van der Waals surface area contributed by atoms with Crippen molar-refractivity contribution in [2.75, 3.05) is 54.2 Å². The Labute approximate surface area is 182 Å². The van der Waals surface area contributed by atoms with Gasteiger partial charge in [0.2, 0.25) is 5.91 Å². The molecule has 0 atom stereocenters. The molecule has 0 unspecified atom stereocenters. The molecule has 0 heterocycles. The number of amides is 1. The number of hydrogen-bond donors (Lipinski definition) is 1. The minimum absolute atomic E-state index is 0.00255. The Morgan fingerprint density at radius 2 is 1.61 bits per heavy atom. The molecule has 0 spiro atoms. The molecule has 0 radical (unpaired) electrons. The predicted molar refractivity (Wildman–Crippen MR) is 115 cm³/mol. The van der Waals surface area contributed by atoms with E-state index >= 15 is 0 Å². The van der Waals surface area contributed by atoms with Crippen molar-refractivity contribution >= 4 is 5.91 Å². The van der Waals surface area contributed by atoms with Gasteiger partial charge in [0, 0.05) is 30.9 Å². The van der Waals surface area contributed by atoms with Crippen LogP contribution in [0.25, 0.3) is 11.1 Å². The predicted octanol–water partition coefficient (Wildman–Crippen LogP) is 2.43. The number of ether oxygens (including phenoxy) is 6. The Balaban J connectivity index is 2.36. The van der Waals surface area contributed by atoms with Crippen LogP contribution in [-0.2, 0) is 18.9 Å². The number of terminal acetylenes is 1. The summed E-state index contributed by atoms with van der Waals surface area (Å²) in [4.78, 5) is 11.8. The summed E-state index contributed by atoms with van der Waals surface area (Å²) in [5.74, 6) is 2.94. The minimum atomic E-state index is -0.567. The fraction of sp³-hybridized carbons (Fsp3) is 0.348. The van der Waals surface area contributed by atoms with Gasteiger partial charge in [0.15, 0.2) is 13.6 Å². The lowest BCUT2D eigenvalue weighted by molar-refractivity contribution is -0.00918. The van der Waals surface area contributed by atoms with Crippen molar-refractivity contribution < 1.29 is 33.2 Å². The summed E-state index contributed by atoms with van der Waals surface area (Å²) in [6, 6.07) is 10.2. The first-order valence-electron chi connectivity index (χ1n) is 9.55. The lowest BCUT2D eigenvalue weighted by atomic mass is 9.98. The summed E-state index contributed by atoms with van der Waals surface area (Å²) in [6.07, 6.45) is 5.66. The second kappa shape index (κ2) is 13.3. The number of rotatable bonds is 14. The number of nitrogens with two attached hydrogens (primary N) is 1. The molecule has 8 heteroatoms. The number of methoxy groups -OCH3 is 2. The number of primary amides is 1. The zero-order chi connectivity index (χ0) is 22.5. The first-order chi connectivity index (χ1) is 15.1. The van der Waals surface area contributed by atoms with E-state index < -0.39 is 5.91 Å². The van der Waals surface area contributed by atoms with Gasteiger partial charge < -0.3 is 34.2 Å². The highest BCUT2D eigenvalue weighted by Crippen LogP contribution is 2.39. The molecule has 2 rings (SSSR count). The SMILES string of the molecule is C#Cc1cccc(-c2cc(C(N)=O)ccc2OCOCCOC)c1OCOCCOC. The van der Waals surface area contributed by atoms with Gasteiger partial charge >= 0.3 is 0 Å². The summed E-state index contributed by atoms with van der Waals surface area (Å²) in [5.41, 5.74) is 7.52. The molecule has 166 valence electrons. The van der Waals surface area contributed by atoms with Crippen LogP contribution >= 0.6 is 0 Å². The Hall–Kier alpha value is -3.09. The van der Waals surface area contributed by atoms with E-state index in [-0.39, 0.29) is 13.6 Å². The van der Waals surface area contributed by atoms with Crippen LogP contribution in [-0.4, -0.2) is 60.1 Å². The van der Waals surface area contributed by atoms with E-state index in [0.717, 1.165) is 0 Å². The average molecular weight is 429 g/mol. The van der Waals surface area contributed by atoms with E-state index in [1.807, 2.05) is 6.07 Å². The third-order valence-electron chi connectivity index (χ3n) is 4.17. The van der Waals surface area contributed by atoms with Crippen molar-refractivity contribution in [1.29, 1.82) is 0 Å². The van der Waals surface area contributed by atoms with E-state index in [1.54, 1.807) is 44.6 Å². The maximum absolute atomic E-state index is 11.8. The minimum Gasteiger partial charge on any atom is -0.467 e. The number of carbonyl (C=O) groups excluding carboxylic acids is 1. The van der Waals surface area contributed by atoms with Gasteiger partial charge in [-0.05, 0) is 24.3 Å². The van der Waals surface area contributed by atoms with Crippen LogP contribution in [0.4, 0.5) is 0 Å². The molecule has 0 bridgehead atoms. The lowest BCUT2D eigenvalue weighted by Gasteiger charge is -2.17. The van der Waals surface area contributed by atoms with Crippen LogP contribution < -0.4 is 15.2 Å². The monoisotopic (exact) mass is 429 g/mol. The van der Waals surface area contributed by atoms with Crippen LogP contribution in [0, 0.1) is 12.3 Å². The molecular formula is C23H27NO7. The molecule has 0 aliphatic carbocycles. The zero-order valence-electron chi connectivity index (χ0n) is 17.7. The summed E-state index contributed by atoms with van der Waals surface area (Å²) in [7, 11) is 3.17. The van der Waals surface area contributed by atoms with E-state index in [9.17, 15) is 4.79 Å². The largest absolute Gasteiger partial charge is 0.467 e. The van der Waals surface area contributed by atoms with Gasteiger partial charge in [0.25, 0.3) is 0 Å². The summed E-state index contributed by atoms with van der Waals surface area (Å²) < 4.78 is 32.3. The molecule has 0 aliphatic heterocycles. The van der Waals surface area contributed by atoms with Crippen molar-refractivity contribution in [3.63, 3.8) is 0 Å². The van der Waals surface area contributed by atoms with Gasteiger partial charge in [0.05, 0.1) is 32.0 Å². The molecule has 0 saturated carbocycles. The molecule has 0 saturated heterocycles. The number of hydrogen-bond acceptors (Lipinski definition) is 7. The molecule has 1 amide bonds. The summed E-state index contributed by atoms with van der Waals surface area (Å²) in [6.45, 7) is 1.61. The highest BCUT2D eigenvalue weighted by atomic mass is 16.7. The average Bonchev–Trinajstić information content (AvgIpc) is 2.78. The van der Waals surface area contributed by atoms with Gasteiger partial charge in [-0.1, -0.05) is 18.1 Å². The van der Waals surface area contributed by atoms with E-state index in [1.165, 1.54) is 0 Å². The van der Waals surface area contributed by atoms with Gasteiger partial charge in [-0.25, -0.2) is 0 Å². The molecule has 2 aromatic rings. The second-order valence-corrected chi connectivity index (χ2v) is 6.23. The molecule has 0 fully saturated rings. The summed E-state index contributed by atoms with van der Waals surface area (Å²) >= 11 is 0. The van der Waals surface area contributed by atoms with Crippen molar-refractivity contribution in [2.24, 2.45) is 5.73 Å². The van der Waals surface area contributed by atoms with Gasteiger partial charge in [-0.2, -0.15) is 0 Å². The molecule has 2 aromatic carbocycles. The Bertz CT molecular complexity index is 892. The third-order valence-corrected chi connectivity index (χ3v) is 4.17. The number of carbonyl (C=O) groups is 1. The van der Waals surface area contributed by atoms with Crippen LogP contribution in [0.5, 0.6) is 11.5 Å². The van der Waals surface area contributed by atoms with E-state index in [2.05, 4.69) is 5.92 Å².